The van der Waals surface area contributed by atoms with Crippen LogP contribution < -0.4 is 113 Å². The van der Waals surface area contributed by atoms with E-state index >= 15 is 0 Å². The summed E-state index contributed by atoms with van der Waals surface area (Å²) in [6, 6.07) is 0. The molecular formula is C4K2N4O4. The van der Waals surface area contributed by atoms with Crippen molar-refractivity contribution in [3.63, 3.8) is 0 Å². The van der Waals surface area contributed by atoms with Crippen LogP contribution in [-0.2, 0) is 0 Å². The van der Waals surface area contributed by atoms with E-state index in [0.717, 1.165) is 0 Å². The molecule has 0 bridgehead atoms. The molecule has 0 radical (unpaired) electrons. The summed E-state index contributed by atoms with van der Waals surface area (Å²) >= 11 is 0. The van der Waals surface area contributed by atoms with Crippen LogP contribution in [0.2, 0.25) is 0 Å². The zero-order valence-electron chi connectivity index (χ0n) is 7.42. The molecule has 1 rings (SSSR count). The standard InChI is InChI=1S/C4H2N4O4.2K/c9-3(10)1-2(4(11)12)6-8-7-5-1;;/h(H,9,10)(H,11,12);;/q;2*+1/p-2. The number of hydrogen-bond acceptors (Lipinski definition) is 8. The third kappa shape index (κ3) is 4.78. The van der Waals surface area contributed by atoms with E-state index in [-0.39, 0.29) is 103 Å². The number of carbonyl (C=O) groups excluding carboxylic acids is 2. The molecule has 0 saturated heterocycles. The van der Waals surface area contributed by atoms with Gasteiger partial charge in [-0.25, -0.2) is 0 Å². The minimum Gasteiger partial charge on any atom is -0.543 e. The first-order chi connectivity index (χ1) is 5.63. The Morgan fingerprint density at radius 3 is 1.36 bits per heavy atom. The van der Waals surface area contributed by atoms with Gasteiger partial charge in [0.2, 0.25) is 0 Å². The third-order valence-corrected chi connectivity index (χ3v) is 0.940. The Labute approximate surface area is 163 Å². The molecule has 0 atom stereocenters. The van der Waals surface area contributed by atoms with E-state index in [4.69, 9.17) is 0 Å². The summed E-state index contributed by atoms with van der Waals surface area (Å²) in [6.07, 6.45) is 0. The molecule has 0 aliphatic heterocycles. The molecule has 8 nitrogen and oxygen atoms in total. The zero-order chi connectivity index (χ0) is 9.14. The van der Waals surface area contributed by atoms with E-state index in [9.17, 15) is 19.8 Å². The molecule has 0 unspecified atom stereocenters. The molecule has 0 aliphatic rings. The maximum Gasteiger partial charge on any atom is 1.00 e. The van der Waals surface area contributed by atoms with Crippen molar-refractivity contribution in [1.29, 1.82) is 0 Å². The number of carboxylic acids is 2. The van der Waals surface area contributed by atoms with E-state index in [2.05, 4.69) is 20.6 Å². The van der Waals surface area contributed by atoms with E-state index in [1.807, 2.05) is 0 Å². The zero-order valence-corrected chi connectivity index (χ0v) is 13.7. The van der Waals surface area contributed by atoms with Crippen molar-refractivity contribution in [2.24, 2.45) is 0 Å². The van der Waals surface area contributed by atoms with Gasteiger partial charge in [0.25, 0.3) is 0 Å². The van der Waals surface area contributed by atoms with Gasteiger partial charge in [-0.2, -0.15) is 0 Å². The maximum atomic E-state index is 10.2. The average molecular weight is 246 g/mol. The number of aromatic carboxylic acids is 2. The van der Waals surface area contributed by atoms with Gasteiger partial charge in [-0.15, -0.1) is 10.2 Å². The number of rotatable bonds is 2. The Balaban J connectivity index is 0. The van der Waals surface area contributed by atoms with Crippen LogP contribution in [0.15, 0.2) is 0 Å². The van der Waals surface area contributed by atoms with Crippen molar-refractivity contribution in [3.05, 3.63) is 11.4 Å². The summed E-state index contributed by atoms with van der Waals surface area (Å²) in [5.74, 6) is -3.59. The van der Waals surface area contributed by atoms with Gasteiger partial charge in [0.1, 0.15) is 11.4 Å². The Bertz CT molecular complexity index is 313. The Morgan fingerprint density at radius 1 is 0.857 bits per heavy atom. The third-order valence-electron chi connectivity index (χ3n) is 0.940. The van der Waals surface area contributed by atoms with Crippen LogP contribution in [0, 0.1) is 0 Å². The van der Waals surface area contributed by atoms with Gasteiger partial charge >= 0.3 is 103 Å². The number of nitrogens with zero attached hydrogens (tertiary/aromatic N) is 4. The first-order valence-electron chi connectivity index (χ1n) is 2.61. The monoisotopic (exact) mass is 246 g/mol. The minimum atomic E-state index is -1.79. The quantitative estimate of drug-likeness (QED) is 0.470. The smallest absolute Gasteiger partial charge is 0.543 e. The maximum absolute atomic E-state index is 10.2. The van der Waals surface area contributed by atoms with Crippen LogP contribution in [0.5, 0.6) is 0 Å². The molecule has 0 fully saturated rings. The fourth-order valence-electron chi connectivity index (χ4n) is 0.499. The topological polar surface area (TPSA) is 132 Å². The molecule has 0 spiro atoms. The first-order valence-corrected chi connectivity index (χ1v) is 2.61. The summed E-state index contributed by atoms with van der Waals surface area (Å²) in [6.45, 7) is 0. The minimum absolute atomic E-state index is 0. The van der Waals surface area contributed by atoms with Gasteiger partial charge in [-0.1, -0.05) is 0 Å². The van der Waals surface area contributed by atoms with Crippen molar-refractivity contribution in [1.82, 2.24) is 20.6 Å². The number of carboxylic acid groups (broad SMARTS) is 2. The van der Waals surface area contributed by atoms with Crippen LogP contribution in [-0.4, -0.2) is 32.6 Å². The second kappa shape index (κ2) is 8.32. The Morgan fingerprint density at radius 2 is 1.14 bits per heavy atom. The van der Waals surface area contributed by atoms with E-state index in [1.165, 1.54) is 0 Å². The van der Waals surface area contributed by atoms with Gasteiger partial charge in [-0.3, -0.25) is 0 Å². The first kappa shape index (κ1) is 17.5. The largest absolute Gasteiger partial charge is 1.00 e. The predicted molar refractivity (Wildman–Crippen MR) is 26.3 cm³/mol. The van der Waals surface area contributed by atoms with Crippen LogP contribution >= 0.6 is 0 Å². The van der Waals surface area contributed by atoms with E-state index < -0.39 is 23.3 Å². The molecular weight excluding hydrogens is 246 g/mol. The molecule has 0 N–H and O–H groups in total. The molecule has 0 amide bonds. The van der Waals surface area contributed by atoms with Crippen LogP contribution in [0.1, 0.15) is 21.0 Å². The molecule has 0 aliphatic carbocycles. The number of carbonyl (C=O) groups is 2. The normalized spacial score (nSPS) is 8.00. The second-order valence-electron chi connectivity index (χ2n) is 1.65. The van der Waals surface area contributed by atoms with Crippen molar-refractivity contribution in [2.75, 3.05) is 0 Å². The number of aromatic nitrogens is 4. The van der Waals surface area contributed by atoms with E-state index in [1.54, 1.807) is 0 Å². The molecule has 1 heterocycles. The van der Waals surface area contributed by atoms with Crippen LogP contribution in [0.3, 0.4) is 0 Å². The fourth-order valence-corrected chi connectivity index (χ4v) is 0.499. The SMILES string of the molecule is O=C([O-])c1nnnnc1C(=O)[O-].[K+].[K+]. The van der Waals surface area contributed by atoms with Gasteiger partial charge in [0.05, 0.1) is 11.9 Å². The van der Waals surface area contributed by atoms with Gasteiger partial charge < -0.3 is 19.8 Å². The van der Waals surface area contributed by atoms with Gasteiger partial charge in [0, 0.05) is 0 Å². The van der Waals surface area contributed by atoms with Crippen molar-refractivity contribution >= 4 is 11.9 Å². The fraction of sp³-hybridized carbons (Fsp3) is 0. The van der Waals surface area contributed by atoms with Gasteiger partial charge in [0.15, 0.2) is 0 Å². The molecule has 10 heteroatoms. The summed E-state index contributed by atoms with van der Waals surface area (Å²) in [5.41, 5.74) is -1.80. The van der Waals surface area contributed by atoms with Crippen LogP contribution in [0.4, 0.5) is 0 Å². The van der Waals surface area contributed by atoms with E-state index in [0.29, 0.717) is 0 Å². The molecule has 62 valence electrons. The summed E-state index contributed by atoms with van der Waals surface area (Å²) in [7, 11) is 0. The predicted octanol–water partition coefficient (Wildman–Crippen LogP) is -10.00. The van der Waals surface area contributed by atoms with Gasteiger partial charge in [-0.05, 0) is 10.4 Å². The summed E-state index contributed by atoms with van der Waals surface area (Å²) < 4.78 is 0. The Hall–Kier alpha value is 1.15. The molecule has 14 heavy (non-hydrogen) atoms. The van der Waals surface area contributed by atoms with Crippen molar-refractivity contribution in [3.8, 4) is 0 Å². The van der Waals surface area contributed by atoms with Crippen molar-refractivity contribution in [2.45, 2.75) is 0 Å². The molecule has 1 aromatic rings. The average Bonchev–Trinajstić information content (AvgIpc) is 2.04. The molecule has 0 saturated carbocycles. The Kier molecular flexibility index (Phi) is 10.4. The summed E-state index contributed by atoms with van der Waals surface area (Å²) in [5, 5.41) is 31.7. The molecule has 1 aromatic heterocycles. The van der Waals surface area contributed by atoms with Crippen LogP contribution in [0.25, 0.3) is 0 Å². The second-order valence-corrected chi connectivity index (χ2v) is 1.65. The van der Waals surface area contributed by atoms with Crippen molar-refractivity contribution < 1.29 is 123 Å². The molecule has 0 aromatic carbocycles. The number of hydrogen-bond donors (Lipinski definition) is 0. The summed E-state index contributed by atoms with van der Waals surface area (Å²) in [4.78, 5) is 20.3.